The quantitative estimate of drug-likeness (QED) is 0.426. The van der Waals surface area contributed by atoms with Gasteiger partial charge in [0.05, 0.1) is 28.1 Å². The first-order valence-electron chi connectivity index (χ1n) is 11.3. The molecule has 1 saturated carbocycles. The van der Waals surface area contributed by atoms with Crippen LogP contribution in [0.1, 0.15) is 25.0 Å². The second-order valence-corrected chi connectivity index (χ2v) is 9.70. The summed E-state index contributed by atoms with van der Waals surface area (Å²) in [4.78, 5) is 33.8. The number of pyridine rings is 2. The third-order valence-corrected chi connectivity index (χ3v) is 7.33. The number of halogens is 2. The fraction of sp³-hybridized carbons (Fsp3) is 0.333. The zero-order valence-corrected chi connectivity index (χ0v) is 19.4. The van der Waals surface area contributed by atoms with Crippen molar-refractivity contribution in [1.29, 1.82) is 0 Å². The lowest BCUT2D eigenvalue weighted by molar-refractivity contribution is -0.122. The maximum Gasteiger partial charge on any atom is 0.235 e. The zero-order chi connectivity index (χ0) is 24.5. The van der Waals surface area contributed by atoms with E-state index in [1.54, 1.807) is 0 Å². The van der Waals surface area contributed by atoms with Crippen LogP contribution < -0.4 is 16.0 Å². The monoisotopic (exact) mass is 499 g/mol. The Labute approximate surface area is 203 Å². The van der Waals surface area contributed by atoms with Gasteiger partial charge in [-0.25, -0.2) is 13.8 Å². The van der Waals surface area contributed by atoms with E-state index in [0.29, 0.717) is 31.0 Å². The lowest BCUT2D eigenvalue weighted by atomic mass is 9.83. The average Bonchev–Trinajstić information content (AvgIpc) is 2.83. The van der Waals surface area contributed by atoms with Gasteiger partial charge in [0.15, 0.2) is 5.82 Å². The van der Waals surface area contributed by atoms with E-state index in [9.17, 15) is 23.5 Å². The number of carbonyl (C=O) groups is 2. The third-order valence-electron chi connectivity index (χ3n) is 6.29. The van der Waals surface area contributed by atoms with E-state index >= 15 is 0 Å². The van der Waals surface area contributed by atoms with Crippen LogP contribution in [0.25, 0.3) is 10.9 Å². The molecule has 0 unspecified atom stereocenters. The van der Waals surface area contributed by atoms with Crippen molar-refractivity contribution in [2.75, 3.05) is 16.4 Å². The number of amides is 2. The molecule has 1 fully saturated rings. The number of nitrogens with one attached hydrogen (secondary N) is 3. The van der Waals surface area contributed by atoms with Crippen molar-refractivity contribution in [1.82, 2.24) is 15.3 Å². The number of aromatic nitrogens is 2. The van der Waals surface area contributed by atoms with Crippen LogP contribution in [0.3, 0.4) is 0 Å². The Morgan fingerprint density at radius 3 is 2.91 bits per heavy atom. The van der Waals surface area contributed by atoms with Crippen LogP contribution in [-0.2, 0) is 16.1 Å². The molecule has 3 aromatic rings. The first kappa shape index (κ1) is 23.6. The predicted molar refractivity (Wildman–Crippen MR) is 128 cm³/mol. The predicted octanol–water partition coefficient (Wildman–Crippen LogP) is 3.21. The van der Waals surface area contributed by atoms with Gasteiger partial charge in [-0.05, 0) is 43.5 Å². The van der Waals surface area contributed by atoms with Crippen molar-refractivity contribution in [3.8, 4) is 0 Å². The van der Waals surface area contributed by atoms with Crippen molar-refractivity contribution < 1.29 is 23.5 Å². The van der Waals surface area contributed by atoms with Crippen LogP contribution in [0.4, 0.5) is 20.3 Å². The Morgan fingerprint density at radius 1 is 1.23 bits per heavy atom. The average molecular weight is 500 g/mol. The molecule has 0 saturated heterocycles. The summed E-state index contributed by atoms with van der Waals surface area (Å²) in [6.45, 7) is 0.409. The SMILES string of the molecule is O=C1CSc2ccc(CN[C@H]3CC[C@H](C(=O)Nc4ccnc5c(F)cc(F)cc45)C[C@@H]3O)nc2N1. The van der Waals surface area contributed by atoms with Crippen LogP contribution in [0.15, 0.2) is 41.4 Å². The molecular weight excluding hydrogens is 476 g/mol. The maximum absolute atomic E-state index is 14.0. The molecule has 3 atom stereocenters. The van der Waals surface area contributed by atoms with E-state index in [4.69, 9.17) is 0 Å². The number of hydrogen-bond donors (Lipinski definition) is 4. The molecule has 2 aromatic heterocycles. The fourth-order valence-corrected chi connectivity index (χ4v) is 5.24. The molecule has 3 heterocycles. The van der Waals surface area contributed by atoms with E-state index in [1.807, 2.05) is 12.1 Å². The van der Waals surface area contributed by atoms with E-state index in [1.165, 1.54) is 24.0 Å². The van der Waals surface area contributed by atoms with Gasteiger partial charge in [-0.1, -0.05) is 0 Å². The number of benzene rings is 1. The fourth-order valence-electron chi connectivity index (χ4n) is 4.48. The molecule has 1 aliphatic carbocycles. The highest BCUT2D eigenvalue weighted by Crippen LogP contribution is 2.31. The van der Waals surface area contributed by atoms with Crippen LogP contribution in [0.2, 0.25) is 0 Å². The van der Waals surface area contributed by atoms with Gasteiger partial charge in [0.1, 0.15) is 17.2 Å². The van der Waals surface area contributed by atoms with Crippen molar-refractivity contribution in [2.45, 2.75) is 42.8 Å². The first-order chi connectivity index (χ1) is 16.9. The number of nitrogens with zero attached hydrogens (tertiary/aromatic N) is 2. The number of rotatable bonds is 5. The summed E-state index contributed by atoms with van der Waals surface area (Å²) in [5.74, 6) is -1.47. The summed E-state index contributed by atoms with van der Waals surface area (Å²) in [5.41, 5.74) is 0.991. The number of thioether (sulfide) groups is 1. The smallest absolute Gasteiger partial charge is 0.235 e. The van der Waals surface area contributed by atoms with E-state index in [0.717, 1.165) is 22.7 Å². The van der Waals surface area contributed by atoms with Gasteiger partial charge in [0.25, 0.3) is 0 Å². The zero-order valence-electron chi connectivity index (χ0n) is 18.6. The molecule has 1 aliphatic heterocycles. The molecule has 35 heavy (non-hydrogen) atoms. The second-order valence-electron chi connectivity index (χ2n) is 8.68. The molecule has 5 rings (SSSR count). The van der Waals surface area contributed by atoms with Crippen LogP contribution in [0, 0.1) is 17.6 Å². The molecular formula is C24H23F2N5O3S. The Hall–Kier alpha value is -3.15. The van der Waals surface area contributed by atoms with Crippen molar-refractivity contribution in [2.24, 2.45) is 5.92 Å². The minimum atomic E-state index is -0.798. The van der Waals surface area contributed by atoms with Crippen molar-refractivity contribution in [3.05, 3.63) is 53.9 Å². The molecule has 2 aliphatic rings. The lowest BCUT2D eigenvalue weighted by Crippen LogP contribution is -2.46. The van der Waals surface area contributed by atoms with Crippen LogP contribution >= 0.6 is 11.8 Å². The molecule has 0 bridgehead atoms. The molecule has 11 heteroatoms. The van der Waals surface area contributed by atoms with Gasteiger partial charge in [0, 0.05) is 36.2 Å². The lowest BCUT2D eigenvalue weighted by Gasteiger charge is -2.33. The third kappa shape index (κ3) is 5.12. The standard InChI is InChI=1S/C24H23F2N5O3S/c25-13-8-15-17(5-6-27-22(15)16(26)9-13)30-24(34)12-1-3-18(19(32)7-12)28-10-14-2-4-20-23(29-14)31-21(33)11-35-20/h2,4-6,8-9,12,18-19,28,32H,1,3,7,10-11H2,(H,27,30,34)(H,29,31,33)/t12-,18-,19-/m0/s1. The molecule has 2 amide bonds. The van der Waals surface area contributed by atoms with Gasteiger partial charge >= 0.3 is 0 Å². The number of fused-ring (bicyclic) bond motifs is 2. The largest absolute Gasteiger partial charge is 0.391 e. The summed E-state index contributed by atoms with van der Waals surface area (Å²) >= 11 is 1.44. The van der Waals surface area contributed by atoms with E-state index in [2.05, 4.69) is 25.9 Å². The molecule has 182 valence electrons. The molecule has 1 aromatic carbocycles. The minimum Gasteiger partial charge on any atom is -0.391 e. The van der Waals surface area contributed by atoms with E-state index in [-0.39, 0.29) is 40.9 Å². The van der Waals surface area contributed by atoms with Crippen molar-refractivity contribution in [3.63, 3.8) is 0 Å². The van der Waals surface area contributed by atoms with Gasteiger partial charge < -0.3 is 21.1 Å². The summed E-state index contributed by atoms with van der Waals surface area (Å²) in [5, 5.41) is 19.7. The topological polar surface area (TPSA) is 116 Å². The van der Waals surface area contributed by atoms with Gasteiger partial charge in [-0.3, -0.25) is 14.6 Å². The highest BCUT2D eigenvalue weighted by Gasteiger charge is 2.33. The first-order valence-corrected chi connectivity index (χ1v) is 12.2. The summed E-state index contributed by atoms with van der Waals surface area (Å²) in [7, 11) is 0. The molecule has 0 radical (unpaired) electrons. The Kier molecular flexibility index (Phi) is 6.63. The minimum absolute atomic E-state index is 0.0221. The highest BCUT2D eigenvalue weighted by atomic mass is 32.2. The summed E-state index contributed by atoms with van der Waals surface area (Å²) < 4.78 is 27.7. The molecule has 0 spiro atoms. The Bertz CT molecular complexity index is 1310. The van der Waals surface area contributed by atoms with Gasteiger partial charge in [0.2, 0.25) is 11.8 Å². The molecule has 8 nitrogen and oxygen atoms in total. The Balaban J connectivity index is 1.19. The summed E-state index contributed by atoms with van der Waals surface area (Å²) in [6.07, 6.45) is 1.96. The van der Waals surface area contributed by atoms with Gasteiger partial charge in [-0.2, -0.15) is 0 Å². The number of carbonyl (C=O) groups excluding carboxylic acids is 2. The second kappa shape index (κ2) is 9.84. The van der Waals surface area contributed by atoms with Crippen molar-refractivity contribution >= 4 is 46.0 Å². The number of aliphatic hydroxyl groups excluding tert-OH is 1. The van der Waals surface area contributed by atoms with Crippen LogP contribution in [0.5, 0.6) is 0 Å². The van der Waals surface area contributed by atoms with Gasteiger partial charge in [-0.15, -0.1) is 11.8 Å². The highest BCUT2D eigenvalue weighted by molar-refractivity contribution is 8.00. The maximum atomic E-state index is 14.0. The van der Waals surface area contributed by atoms with Crippen LogP contribution in [-0.4, -0.2) is 44.8 Å². The number of aliphatic hydroxyl groups is 1. The number of anilines is 2. The Morgan fingerprint density at radius 2 is 2.09 bits per heavy atom. The van der Waals surface area contributed by atoms with E-state index < -0.39 is 23.7 Å². The normalized spacial score (nSPS) is 21.9. The molecule has 4 N–H and O–H groups in total. The number of hydrogen-bond acceptors (Lipinski definition) is 7. The summed E-state index contributed by atoms with van der Waals surface area (Å²) in [6, 6.07) is 6.96.